The highest BCUT2D eigenvalue weighted by Gasteiger charge is 2.32. The van der Waals surface area contributed by atoms with E-state index < -0.39 is 10.0 Å². The normalized spacial score (nSPS) is 26.0. The van der Waals surface area contributed by atoms with Gasteiger partial charge < -0.3 is 9.64 Å². The van der Waals surface area contributed by atoms with Crippen molar-refractivity contribution in [1.82, 2.24) is 19.6 Å². The number of rotatable bonds is 4. The molecule has 27 heavy (non-hydrogen) atoms. The number of sulfonamides is 1. The van der Waals surface area contributed by atoms with E-state index in [1.165, 1.54) is 16.4 Å². The SMILES string of the molecule is C[C@@H]1CN(S(=O)(=O)c2ccc(C(=O)NN3CCN(C)CC3)cc2)C[C@H](C)O1. The van der Waals surface area contributed by atoms with E-state index in [0.29, 0.717) is 18.7 Å². The van der Waals surface area contributed by atoms with Crippen LogP contribution in [0.1, 0.15) is 24.2 Å². The van der Waals surface area contributed by atoms with Gasteiger partial charge in [-0.15, -0.1) is 0 Å². The summed E-state index contributed by atoms with van der Waals surface area (Å²) in [6, 6.07) is 6.12. The Labute approximate surface area is 161 Å². The summed E-state index contributed by atoms with van der Waals surface area (Å²) >= 11 is 0. The lowest BCUT2D eigenvalue weighted by atomic mass is 10.2. The van der Waals surface area contributed by atoms with Gasteiger partial charge in [-0.2, -0.15) is 4.31 Å². The van der Waals surface area contributed by atoms with Crippen LogP contribution in [0.15, 0.2) is 29.2 Å². The molecule has 2 aliphatic heterocycles. The first kappa shape index (κ1) is 20.2. The molecular formula is C18H28N4O4S. The van der Waals surface area contributed by atoms with Crippen LogP contribution < -0.4 is 5.43 Å². The molecule has 0 saturated carbocycles. The quantitative estimate of drug-likeness (QED) is 0.792. The van der Waals surface area contributed by atoms with Gasteiger partial charge in [-0.05, 0) is 45.2 Å². The standard InChI is InChI=1S/C18H28N4O4S/c1-14-12-22(13-15(2)26-14)27(24,25)17-6-4-16(5-7-17)18(23)19-21-10-8-20(3)9-11-21/h4-7,14-15H,8-13H2,1-3H3,(H,19,23)/t14-,15+. The minimum atomic E-state index is -3.60. The van der Waals surface area contributed by atoms with Gasteiger partial charge >= 0.3 is 0 Å². The van der Waals surface area contributed by atoms with Gasteiger partial charge in [0.25, 0.3) is 5.91 Å². The van der Waals surface area contributed by atoms with Crippen molar-refractivity contribution >= 4 is 15.9 Å². The van der Waals surface area contributed by atoms with E-state index in [1.54, 1.807) is 12.1 Å². The first-order valence-electron chi connectivity index (χ1n) is 9.26. The Kier molecular flexibility index (Phi) is 6.17. The van der Waals surface area contributed by atoms with Crippen LogP contribution in [-0.2, 0) is 14.8 Å². The zero-order valence-electron chi connectivity index (χ0n) is 16.1. The molecule has 1 amide bonds. The molecule has 0 spiro atoms. The average Bonchev–Trinajstić information content (AvgIpc) is 2.63. The molecule has 1 aromatic carbocycles. The molecular weight excluding hydrogens is 368 g/mol. The zero-order chi connectivity index (χ0) is 19.6. The molecule has 9 heteroatoms. The van der Waals surface area contributed by atoms with Gasteiger partial charge in [0.15, 0.2) is 0 Å². The number of piperazine rings is 1. The van der Waals surface area contributed by atoms with Crippen molar-refractivity contribution in [3.63, 3.8) is 0 Å². The lowest BCUT2D eigenvalue weighted by Crippen LogP contribution is -2.52. The maximum atomic E-state index is 12.9. The summed E-state index contributed by atoms with van der Waals surface area (Å²) in [4.78, 5) is 14.8. The molecule has 0 aromatic heterocycles. The summed E-state index contributed by atoms with van der Waals surface area (Å²) in [5.74, 6) is -0.225. The Hall–Kier alpha value is -1.52. The van der Waals surface area contributed by atoms with Gasteiger partial charge in [-0.1, -0.05) is 0 Å². The number of benzene rings is 1. The number of hydrazine groups is 1. The highest BCUT2D eigenvalue weighted by molar-refractivity contribution is 7.89. The molecule has 0 aliphatic carbocycles. The molecule has 150 valence electrons. The van der Waals surface area contributed by atoms with Crippen LogP contribution in [0, 0.1) is 0 Å². The number of nitrogens with one attached hydrogen (secondary N) is 1. The number of hydrogen-bond donors (Lipinski definition) is 1. The molecule has 0 radical (unpaired) electrons. The van der Waals surface area contributed by atoms with Crippen molar-refractivity contribution in [2.24, 2.45) is 0 Å². The van der Waals surface area contributed by atoms with Gasteiger partial charge in [0.2, 0.25) is 10.0 Å². The maximum absolute atomic E-state index is 12.9. The molecule has 1 N–H and O–H groups in total. The van der Waals surface area contributed by atoms with Crippen LogP contribution in [-0.4, -0.2) is 87.1 Å². The van der Waals surface area contributed by atoms with Crippen molar-refractivity contribution in [2.45, 2.75) is 31.0 Å². The van der Waals surface area contributed by atoms with E-state index in [4.69, 9.17) is 4.74 Å². The lowest BCUT2D eigenvalue weighted by molar-refractivity contribution is -0.0440. The highest BCUT2D eigenvalue weighted by Crippen LogP contribution is 2.21. The Morgan fingerprint density at radius 1 is 1.04 bits per heavy atom. The number of ether oxygens (including phenoxy) is 1. The molecule has 2 atom stereocenters. The van der Waals surface area contributed by atoms with Crippen LogP contribution in [0.4, 0.5) is 0 Å². The van der Waals surface area contributed by atoms with Gasteiger partial charge in [-0.3, -0.25) is 10.2 Å². The monoisotopic (exact) mass is 396 g/mol. The summed E-state index contributed by atoms with van der Waals surface area (Å²) in [5.41, 5.74) is 3.32. The fraction of sp³-hybridized carbons (Fsp3) is 0.611. The van der Waals surface area contributed by atoms with Crippen LogP contribution in [0.25, 0.3) is 0 Å². The predicted molar refractivity (Wildman–Crippen MR) is 102 cm³/mol. The summed E-state index contributed by atoms with van der Waals surface area (Å²) < 4.78 is 32.8. The largest absolute Gasteiger partial charge is 0.373 e. The number of morpholine rings is 1. The number of hydrogen-bond acceptors (Lipinski definition) is 6. The second kappa shape index (κ2) is 8.24. The average molecular weight is 397 g/mol. The van der Waals surface area contributed by atoms with E-state index in [0.717, 1.165) is 26.2 Å². The van der Waals surface area contributed by atoms with Crippen molar-refractivity contribution in [1.29, 1.82) is 0 Å². The maximum Gasteiger partial charge on any atom is 0.265 e. The number of carbonyl (C=O) groups excluding carboxylic acids is 1. The first-order chi connectivity index (χ1) is 12.8. The lowest BCUT2D eigenvalue weighted by Gasteiger charge is -2.34. The molecule has 2 saturated heterocycles. The van der Waals surface area contributed by atoms with E-state index in [9.17, 15) is 13.2 Å². The highest BCUT2D eigenvalue weighted by atomic mass is 32.2. The van der Waals surface area contributed by atoms with Gasteiger partial charge in [0.05, 0.1) is 17.1 Å². The molecule has 0 bridgehead atoms. The smallest absolute Gasteiger partial charge is 0.265 e. The van der Waals surface area contributed by atoms with Crippen molar-refractivity contribution in [3.05, 3.63) is 29.8 Å². The second-order valence-corrected chi connectivity index (χ2v) is 9.27. The summed E-state index contributed by atoms with van der Waals surface area (Å²) in [7, 11) is -1.55. The third-order valence-electron chi connectivity index (χ3n) is 4.90. The number of likely N-dealkylation sites (N-methyl/N-ethyl adjacent to an activating group) is 1. The van der Waals surface area contributed by atoms with E-state index in [1.807, 2.05) is 25.9 Å². The van der Waals surface area contributed by atoms with Crippen molar-refractivity contribution in [3.8, 4) is 0 Å². The third kappa shape index (κ3) is 4.85. The summed E-state index contributed by atoms with van der Waals surface area (Å²) in [5, 5.41) is 1.89. The molecule has 2 heterocycles. The van der Waals surface area contributed by atoms with Crippen molar-refractivity contribution in [2.75, 3.05) is 46.3 Å². The van der Waals surface area contributed by atoms with E-state index in [2.05, 4.69) is 10.3 Å². The first-order valence-corrected chi connectivity index (χ1v) is 10.7. The molecule has 2 fully saturated rings. The van der Waals surface area contributed by atoms with Crippen LogP contribution in [0.3, 0.4) is 0 Å². The van der Waals surface area contributed by atoms with E-state index >= 15 is 0 Å². The number of carbonyl (C=O) groups is 1. The van der Waals surface area contributed by atoms with Gasteiger partial charge in [0, 0.05) is 44.8 Å². The second-order valence-electron chi connectivity index (χ2n) is 7.33. The van der Waals surface area contributed by atoms with E-state index in [-0.39, 0.29) is 23.0 Å². The van der Waals surface area contributed by atoms with Crippen molar-refractivity contribution < 1.29 is 17.9 Å². The number of amides is 1. The van der Waals surface area contributed by atoms with Gasteiger partial charge in [0.1, 0.15) is 0 Å². The molecule has 8 nitrogen and oxygen atoms in total. The molecule has 0 unspecified atom stereocenters. The molecule has 1 aromatic rings. The minimum Gasteiger partial charge on any atom is -0.373 e. The Bertz CT molecular complexity index is 750. The fourth-order valence-corrected chi connectivity index (χ4v) is 4.97. The van der Waals surface area contributed by atoms with Crippen LogP contribution in [0.5, 0.6) is 0 Å². The summed E-state index contributed by atoms with van der Waals surface area (Å²) in [6.45, 7) is 7.72. The Morgan fingerprint density at radius 3 is 2.15 bits per heavy atom. The molecule has 2 aliphatic rings. The van der Waals surface area contributed by atoms with Crippen LogP contribution in [0.2, 0.25) is 0 Å². The summed E-state index contributed by atoms with van der Waals surface area (Å²) in [6.07, 6.45) is -0.283. The molecule has 3 rings (SSSR count). The minimum absolute atomic E-state index is 0.142. The topological polar surface area (TPSA) is 82.2 Å². The fourth-order valence-electron chi connectivity index (χ4n) is 3.38. The Balaban J connectivity index is 1.66. The van der Waals surface area contributed by atoms with Gasteiger partial charge in [-0.25, -0.2) is 13.4 Å². The predicted octanol–water partition coefficient (Wildman–Crippen LogP) is 0.377. The zero-order valence-corrected chi connectivity index (χ0v) is 16.9. The number of nitrogens with zero attached hydrogens (tertiary/aromatic N) is 3. The Morgan fingerprint density at radius 2 is 1.59 bits per heavy atom. The van der Waals surface area contributed by atoms with Crippen LogP contribution >= 0.6 is 0 Å². The third-order valence-corrected chi connectivity index (χ3v) is 6.75.